The van der Waals surface area contributed by atoms with Crippen LogP contribution < -0.4 is 0 Å². The summed E-state index contributed by atoms with van der Waals surface area (Å²) in [7, 11) is 1.76. The topological polar surface area (TPSA) is 98.7 Å². The number of carbonyl (C=O) groups is 1. The van der Waals surface area contributed by atoms with Crippen molar-refractivity contribution in [1.82, 2.24) is 30.0 Å². The van der Waals surface area contributed by atoms with Crippen LogP contribution in [0.4, 0.5) is 0 Å². The summed E-state index contributed by atoms with van der Waals surface area (Å²) >= 11 is 0. The van der Waals surface area contributed by atoms with Crippen LogP contribution in [0.3, 0.4) is 0 Å². The lowest BCUT2D eigenvalue weighted by molar-refractivity contribution is -0.148. The molecule has 0 spiro atoms. The Morgan fingerprint density at radius 3 is 2.58 bits per heavy atom. The van der Waals surface area contributed by atoms with Crippen molar-refractivity contribution in [2.24, 2.45) is 7.05 Å². The van der Waals surface area contributed by atoms with Crippen molar-refractivity contribution < 1.29 is 9.90 Å². The molecule has 0 amide bonds. The van der Waals surface area contributed by atoms with E-state index in [2.05, 4.69) is 20.6 Å². The predicted molar refractivity (Wildman–Crippen MR) is 66.2 cm³/mol. The molecule has 0 saturated carbocycles. The van der Waals surface area contributed by atoms with E-state index in [0.29, 0.717) is 24.4 Å². The number of aryl methyl sites for hydroxylation is 1. The fourth-order valence-electron chi connectivity index (χ4n) is 2.17. The molecule has 8 heteroatoms. The lowest BCUT2D eigenvalue weighted by Crippen LogP contribution is -2.42. The largest absolute Gasteiger partial charge is 0.479 e. The normalized spacial score (nSPS) is 11.7. The van der Waals surface area contributed by atoms with Crippen LogP contribution in [0.1, 0.15) is 26.7 Å². The minimum Gasteiger partial charge on any atom is -0.479 e. The van der Waals surface area contributed by atoms with E-state index in [1.54, 1.807) is 24.0 Å². The maximum Gasteiger partial charge on any atom is 0.331 e. The van der Waals surface area contributed by atoms with Gasteiger partial charge in [0.05, 0.1) is 0 Å². The standard InChI is InChI=1S/C11H16N6O2/c1-4-11(5-2,10(18)19)17-9(13-14-15-17)8-6-7-12-16(8)3/h6-7H,4-5H2,1-3H3,(H,18,19). The van der Waals surface area contributed by atoms with Gasteiger partial charge in [-0.1, -0.05) is 13.8 Å². The summed E-state index contributed by atoms with van der Waals surface area (Å²) in [6.07, 6.45) is 2.41. The molecule has 0 saturated heterocycles. The Kier molecular flexibility index (Phi) is 3.32. The minimum atomic E-state index is -1.14. The van der Waals surface area contributed by atoms with E-state index in [-0.39, 0.29) is 0 Å². The van der Waals surface area contributed by atoms with E-state index >= 15 is 0 Å². The maximum absolute atomic E-state index is 11.6. The first kappa shape index (κ1) is 13.2. The second-order valence-corrected chi connectivity index (χ2v) is 4.30. The Bertz CT molecular complexity index is 584. The third kappa shape index (κ3) is 1.88. The summed E-state index contributed by atoms with van der Waals surface area (Å²) in [6, 6.07) is 1.75. The van der Waals surface area contributed by atoms with Crippen molar-refractivity contribution in [2.75, 3.05) is 0 Å². The lowest BCUT2D eigenvalue weighted by atomic mass is 9.93. The molecule has 2 aromatic rings. The average Bonchev–Trinajstić information content (AvgIpc) is 3.00. The number of aromatic nitrogens is 6. The highest BCUT2D eigenvalue weighted by Crippen LogP contribution is 2.29. The predicted octanol–water partition coefficient (Wildman–Crippen LogP) is 0.673. The summed E-state index contributed by atoms with van der Waals surface area (Å²) in [4.78, 5) is 11.6. The zero-order chi connectivity index (χ0) is 14.0. The van der Waals surface area contributed by atoms with Gasteiger partial charge in [0, 0.05) is 13.2 Å². The molecule has 0 aromatic carbocycles. The fourth-order valence-corrected chi connectivity index (χ4v) is 2.17. The highest BCUT2D eigenvalue weighted by molar-refractivity contribution is 5.77. The monoisotopic (exact) mass is 264 g/mol. The maximum atomic E-state index is 11.6. The minimum absolute atomic E-state index is 0.398. The first-order chi connectivity index (χ1) is 9.06. The number of hydrogen-bond donors (Lipinski definition) is 1. The molecule has 0 unspecified atom stereocenters. The van der Waals surface area contributed by atoms with E-state index in [4.69, 9.17) is 0 Å². The van der Waals surface area contributed by atoms with Gasteiger partial charge in [-0.15, -0.1) is 5.10 Å². The smallest absolute Gasteiger partial charge is 0.331 e. The van der Waals surface area contributed by atoms with E-state index in [9.17, 15) is 9.90 Å². The molecule has 2 aromatic heterocycles. The third-order valence-corrected chi connectivity index (χ3v) is 3.49. The molecule has 2 rings (SSSR count). The van der Waals surface area contributed by atoms with Gasteiger partial charge in [0.2, 0.25) is 5.82 Å². The fraction of sp³-hybridized carbons (Fsp3) is 0.545. The molecule has 0 aliphatic carbocycles. The molecule has 0 bridgehead atoms. The number of nitrogens with zero attached hydrogens (tertiary/aromatic N) is 6. The first-order valence-corrected chi connectivity index (χ1v) is 6.07. The van der Waals surface area contributed by atoms with Gasteiger partial charge in [0.1, 0.15) is 5.69 Å². The molecular weight excluding hydrogens is 248 g/mol. The van der Waals surface area contributed by atoms with Crippen LogP contribution in [0, 0.1) is 0 Å². The van der Waals surface area contributed by atoms with E-state index in [1.165, 1.54) is 4.68 Å². The number of hydrogen-bond acceptors (Lipinski definition) is 5. The molecule has 2 heterocycles. The second kappa shape index (κ2) is 4.79. The Labute approximate surface area is 110 Å². The number of aliphatic carboxylic acids is 1. The molecular formula is C11H16N6O2. The van der Waals surface area contributed by atoms with Gasteiger partial charge >= 0.3 is 5.97 Å². The van der Waals surface area contributed by atoms with E-state index < -0.39 is 11.5 Å². The van der Waals surface area contributed by atoms with Gasteiger partial charge in [0.25, 0.3) is 0 Å². The van der Waals surface area contributed by atoms with Crippen LogP contribution in [-0.2, 0) is 17.4 Å². The number of carboxylic acids is 1. The van der Waals surface area contributed by atoms with Crippen LogP contribution >= 0.6 is 0 Å². The molecule has 0 aliphatic heterocycles. The summed E-state index contributed by atoms with van der Waals surface area (Å²) in [5.74, 6) is -0.528. The highest BCUT2D eigenvalue weighted by Gasteiger charge is 2.40. The van der Waals surface area contributed by atoms with Crippen molar-refractivity contribution in [1.29, 1.82) is 0 Å². The van der Waals surface area contributed by atoms with Gasteiger partial charge in [0.15, 0.2) is 5.54 Å². The van der Waals surface area contributed by atoms with Gasteiger partial charge < -0.3 is 5.11 Å². The van der Waals surface area contributed by atoms with Crippen LogP contribution in [0.15, 0.2) is 12.3 Å². The lowest BCUT2D eigenvalue weighted by Gasteiger charge is -2.27. The zero-order valence-electron chi connectivity index (χ0n) is 11.1. The van der Waals surface area contributed by atoms with Crippen LogP contribution in [0.5, 0.6) is 0 Å². The van der Waals surface area contributed by atoms with Crippen LogP contribution in [0.2, 0.25) is 0 Å². The Morgan fingerprint density at radius 2 is 2.11 bits per heavy atom. The van der Waals surface area contributed by atoms with Crippen molar-refractivity contribution in [2.45, 2.75) is 32.2 Å². The third-order valence-electron chi connectivity index (χ3n) is 3.49. The van der Waals surface area contributed by atoms with Crippen molar-refractivity contribution in [3.63, 3.8) is 0 Å². The number of tetrazole rings is 1. The van der Waals surface area contributed by atoms with Crippen molar-refractivity contribution >= 4 is 5.97 Å². The molecule has 1 N–H and O–H groups in total. The highest BCUT2D eigenvalue weighted by atomic mass is 16.4. The SMILES string of the molecule is CCC(CC)(C(=O)O)n1nnnc1-c1ccnn1C. The summed E-state index contributed by atoms with van der Waals surface area (Å²) in [5.41, 5.74) is -0.458. The van der Waals surface area contributed by atoms with E-state index in [1.807, 2.05) is 13.8 Å². The van der Waals surface area contributed by atoms with Gasteiger partial charge in [-0.2, -0.15) is 5.10 Å². The Morgan fingerprint density at radius 1 is 1.42 bits per heavy atom. The van der Waals surface area contributed by atoms with Crippen molar-refractivity contribution in [3.8, 4) is 11.5 Å². The summed E-state index contributed by atoms with van der Waals surface area (Å²) in [5, 5.41) is 25.0. The van der Waals surface area contributed by atoms with Crippen LogP contribution in [-0.4, -0.2) is 41.1 Å². The van der Waals surface area contributed by atoms with Gasteiger partial charge in [-0.3, -0.25) is 4.68 Å². The first-order valence-electron chi connectivity index (χ1n) is 6.07. The molecule has 0 atom stereocenters. The molecule has 102 valence electrons. The van der Waals surface area contributed by atoms with Crippen molar-refractivity contribution in [3.05, 3.63) is 12.3 Å². The van der Waals surface area contributed by atoms with Crippen LogP contribution in [0.25, 0.3) is 11.5 Å². The van der Waals surface area contributed by atoms with Gasteiger partial charge in [-0.25, -0.2) is 9.48 Å². The molecule has 0 aliphatic rings. The number of carboxylic acid groups (broad SMARTS) is 1. The van der Waals surface area contributed by atoms with E-state index in [0.717, 1.165) is 0 Å². The average molecular weight is 264 g/mol. The Hall–Kier alpha value is -2.25. The number of rotatable bonds is 5. The molecule has 8 nitrogen and oxygen atoms in total. The molecule has 0 radical (unpaired) electrons. The quantitative estimate of drug-likeness (QED) is 0.852. The zero-order valence-corrected chi connectivity index (χ0v) is 11.1. The molecule has 19 heavy (non-hydrogen) atoms. The summed E-state index contributed by atoms with van der Waals surface area (Å²) < 4.78 is 2.99. The molecule has 0 fully saturated rings. The second-order valence-electron chi connectivity index (χ2n) is 4.30. The van der Waals surface area contributed by atoms with Gasteiger partial charge in [-0.05, 0) is 29.3 Å². The summed E-state index contributed by atoms with van der Waals surface area (Å²) in [6.45, 7) is 3.62. The Balaban J connectivity index is 2.61.